The van der Waals surface area contributed by atoms with Crippen molar-refractivity contribution in [3.8, 4) is 0 Å². The third-order valence-electron chi connectivity index (χ3n) is 6.24. The van der Waals surface area contributed by atoms with E-state index in [4.69, 9.17) is 0 Å². The van der Waals surface area contributed by atoms with E-state index in [1.807, 2.05) is 6.92 Å². The van der Waals surface area contributed by atoms with Gasteiger partial charge in [0, 0.05) is 0 Å². The van der Waals surface area contributed by atoms with E-state index in [1.165, 1.54) is 24.3 Å². The maximum atomic E-state index is 13.1. The van der Waals surface area contributed by atoms with Crippen LogP contribution in [0.5, 0.6) is 0 Å². The molecular formula is C25H30F6O. The maximum absolute atomic E-state index is 13.1. The highest BCUT2D eigenvalue weighted by Gasteiger charge is 2.41. The third kappa shape index (κ3) is 6.06. The smallest absolute Gasteiger partial charge is 0.380 e. The van der Waals surface area contributed by atoms with Crippen molar-refractivity contribution in [3.05, 3.63) is 70.8 Å². The molecule has 2 atom stereocenters. The summed E-state index contributed by atoms with van der Waals surface area (Å²) in [7, 11) is 0. The van der Waals surface area contributed by atoms with Crippen molar-refractivity contribution in [1.82, 2.24) is 0 Å². The van der Waals surface area contributed by atoms with E-state index in [9.17, 15) is 31.4 Å². The molecule has 2 aromatic carbocycles. The van der Waals surface area contributed by atoms with E-state index < -0.39 is 29.1 Å². The average molecular weight is 461 g/mol. The molecule has 1 N–H and O–H groups in total. The summed E-state index contributed by atoms with van der Waals surface area (Å²) in [5, 5.41) is 12.0. The third-order valence-corrected chi connectivity index (χ3v) is 6.24. The molecule has 0 bridgehead atoms. The molecule has 0 aromatic heterocycles. The Morgan fingerprint density at radius 3 is 1.34 bits per heavy atom. The quantitative estimate of drug-likeness (QED) is 0.374. The van der Waals surface area contributed by atoms with Gasteiger partial charge in [-0.3, -0.25) is 0 Å². The van der Waals surface area contributed by atoms with Gasteiger partial charge >= 0.3 is 12.4 Å². The van der Waals surface area contributed by atoms with Crippen LogP contribution < -0.4 is 0 Å². The second kappa shape index (κ2) is 10.3. The summed E-state index contributed by atoms with van der Waals surface area (Å²) in [5.41, 5.74) is -2.91. The van der Waals surface area contributed by atoms with E-state index in [0.29, 0.717) is 18.8 Å². The Balaban J connectivity index is 2.58. The molecule has 0 saturated heterocycles. The lowest BCUT2D eigenvalue weighted by Crippen LogP contribution is -2.37. The van der Waals surface area contributed by atoms with Gasteiger partial charge in [-0.1, -0.05) is 64.3 Å². The van der Waals surface area contributed by atoms with Crippen molar-refractivity contribution in [3.63, 3.8) is 0 Å². The summed E-state index contributed by atoms with van der Waals surface area (Å²) < 4.78 is 78.3. The Hall–Kier alpha value is -2.02. The van der Waals surface area contributed by atoms with Crippen LogP contribution in [0, 0.1) is 11.8 Å². The molecule has 0 fully saturated rings. The number of hydrogen-bond donors (Lipinski definition) is 1. The molecule has 0 aliphatic heterocycles. The highest BCUT2D eigenvalue weighted by atomic mass is 19.4. The first-order chi connectivity index (χ1) is 14.8. The molecule has 0 saturated carbocycles. The summed E-state index contributed by atoms with van der Waals surface area (Å²) >= 11 is 0. The van der Waals surface area contributed by atoms with Crippen LogP contribution in [-0.4, -0.2) is 5.11 Å². The minimum absolute atomic E-state index is 0.243. The fourth-order valence-corrected chi connectivity index (χ4v) is 4.07. The summed E-state index contributed by atoms with van der Waals surface area (Å²) in [5.74, 6) is 0.0220. The van der Waals surface area contributed by atoms with E-state index in [-0.39, 0.29) is 17.0 Å². The second-order valence-corrected chi connectivity index (χ2v) is 8.49. The molecule has 0 aliphatic carbocycles. The molecule has 2 rings (SSSR count). The van der Waals surface area contributed by atoms with Crippen LogP contribution in [0.25, 0.3) is 0 Å². The Morgan fingerprint density at radius 2 is 1.03 bits per heavy atom. The van der Waals surface area contributed by atoms with Crippen molar-refractivity contribution in [2.45, 2.75) is 70.8 Å². The van der Waals surface area contributed by atoms with Crippen LogP contribution in [-0.2, 0) is 18.0 Å². The lowest BCUT2D eigenvalue weighted by molar-refractivity contribution is -0.138. The monoisotopic (exact) mass is 460 g/mol. The van der Waals surface area contributed by atoms with E-state index in [1.54, 1.807) is 0 Å². The summed E-state index contributed by atoms with van der Waals surface area (Å²) in [6.07, 6.45) is -5.41. The molecule has 0 amide bonds. The van der Waals surface area contributed by atoms with Gasteiger partial charge in [0.25, 0.3) is 0 Å². The normalized spacial score (nSPS) is 14.9. The number of benzene rings is 2. The minimum atomic E-state index is -4.52. The topological polar surface area (TPSA) is 20.2 Å². The van der Waals surface area contributed by atoms with Gasteiger partial charge in [-0.05, 0) is 60.1 Å². The zero-order valence-electron chi connectivity index (χ0n) is 18.5. The van der Waals surface area contributed by atoms with Gasteiger partial charge < -0.3 is 5.11 Å². The molecule has 0 spiro atoms. The van der Waals surface area contributed by atoms with Crippen molar-refractivity contribution in [1.29, 1.82) is 0 Å². The lowest BCUT2D eigenvalue weighted by Gasteiger charge is -2.38. The van der Waals surface area contributed by atoms with Gasteiger partial charge in [-0.2, -0.15) is 26.3 Å². The predicted octanol–water partition coefficient (Wildman–Crippen LogP) is 8.20. The molecule has 0 heterocycles. The highest BCUT2D eigenvalue weighted by Crippen LogP contribution is 2.44. The molecule has 7 heteroatoms. The van der Waals surface area contributed by atoms with Crippen molar-refractivity contribution in [2.24, 2.45) is 11.8 Å². The first-order valence-electron chi connectivity index (χ1n) is 10.9. The number of aliphatic hydroxyl groups is 1. The standard InChI is InChI=1S/C25H30F6O/c1-4-6-18(8-7-17(3)5-2)23(32,19-9-13-21(14-10-19)24(26,27)28)20-11-15-22(16-12-20)25(29,30)31/h9-18,32H,4-8H2,1-3H3/t17-,18?/m1/s1. The maximum Gasteiger partial charge on any atom is 0.416 e. The number of alkyl halides is 6. The zero-order valence-corrected chi connectivity index (χ0v) is 18.5. The Kier molecular flexibility index (Phi) is 8.43. The number of halogens is 6. The van der Waals surface area contributed by atoms with Gasteiger partial charge in [-0.25, -0.2) is 0 Å². The van der Waals surface area contributed by atoms with Crippen LogP contribution in [0.15, 0.2) is 48.5 Å². The molecule has 2 aromatic rings. The van der Waals surface area contributed by atoms with Crippen LogP contribution in [0.1, 0.15) is 75.1 Å². The van der Waals surface area contributed by atoms with Crippen molar-refractivity contribution in [2.75, 3.05) is 0 Å². The highest BCUT2D eigenvalue weighted by molar-refractivity contribution is 5.40. The Labute approximate surface area is 185 Å². The first-order valence-corrected chi connectivity index (χ1v) is 10.9. The zero-order chi connectivity index (χ0) is 24.2. The van der Waals surface area contributed by atoms with Crippen molar-refractivity contribution >= 4 is 0 Å². The summed E-state index contributed by atoms with van der Waals surface area (Å²) in [4.78, 5) is 0. The molecule has 0 radical (unpaired) electrons. The van der Waals surface area contributed by atoms with Crippen LogP contribution in [0.3, 0.4) is 0 Å². The second-order valence-electron chi connectivity index (χ2n) is 8.49. The van der Waals surface area contributed by atoms with E-state index >= 15 is 0 Å². The molecule has 0 aliphatic rings. The molecule has 1 nitrogen and oxygen atoms in total. The number of rotatable bonds is 9. The molecule has 1 unspecified atom stereocenters. The van der Waals surface area contributed by atoms with Gasteiger partial charge in [0.15, 0.2) is 0 Å². The van der Waals surface area contributed by atoms with Gasteiger partial charge in [-0.15, -0.1) is 0 Å². The minimum Gasteiger partial charge on any atom is -0.380 e. The predicted molar refractivity (Wildman–Crippen MR) is 113 cm³/mol. The fraction of sp³-hybridized carbons (Fsp3) is 0.520. The lowest BCUT2D eigenvalue weighted by atomic mass is 9.71. The summed E-state index contributed by atoms with van der Waals surface area (Å²) in [6.45, 7) is 6.08. The number of hydrogen-bond acceptors (Lipinski definition) is 1. The summed E-state index contributed by atoms with van der Waals surface area (Å²) in [6, 6.07) is 8.53. The van der Waals surface area contributed by atoms with E-state index in [0.717, 1.165) is 43.5 Å². The van der Waals surface area contributed by atoms with Crippen LogP contribution in [0.4, 0.5) is 26.3 Å². The molecular weight excluding hydrogens is 430 g/mol. The van der Waals surface area contributed by atoms with Gasteiger partial charge in [0.1, 0.15) is 5.60 Å². The Bertz CT molecular complexity index is 779. The first kappa shape index (κ1) is 26.2. The van der Waals surface area contributed by atoms with Gasteiger partial charge in [0.2, 0.25) is 0 Å². The van der Waals surface area contributed by atoms with Crippen molar-refractivity contribution < 1.29 is 31.4 Å². The Morgan fingerprint density at radius 1 is 0.656 bits per heavy atom. The molecule has 32 heavy (non-hydrogen) atoms. The molecule has 178 valence electrons. The van der Waals surface area contributed by atoms with Gasteiger partial charge in [0.05, 0.1) is 11.1 Å². The van der Waals surface area contributed by atoms with E-state index in [2.05, 4.69) is 13.8 Å². The average Bonchev–Trinajstić information content (AvgIpc) is 2.74. The fourth-order valence-electron chi connectivity index (χ4n) is 4.07. The largest absolute Gasteiger partial charge is 0.416 e. The van der Waals surface area contributed by atoms with Crippen LogP contribution in [0.2, 0.25) is 0 Å². The SMILES string of the molecule is CCCC(CC[C@H](C)CC)C(O)(c1ccc(C(F)(F)F)cc1)c1ccc(C(F)(F)F)cc1. The van der Waals surface area contributed by atoms with Crippen LogP contribution >= 0.6 is 0 Å².